The van der Waals surface area contributed by atoms with Crippen molar-refractivity contribution in [3.63, 3.8) is 0 Å². The highest BCUT2D eigenvalue weighted by atomic mass is 16.5. The second kappa shape index (κ2) is 7.68. The third-order valence-corrected chi connectivity index (χ3v) is 3.30. The van der Waals surface area contributed by atoms with E-state index in [4.69, 9.17) is 10.5 Å². The summed E-state index contributed by atoms with van der Waals surface area (Å²) in [4.78, 5) is 4.42. The predicted octanol–water partition coefficient (Wildman–Crippen LogP) is 4.02. The van der Waals surface area contributed by atoms with Gasteiger partial charge in [-0.2, -0.15) is 0 Å². The number of hydrogen-bond donors (Lipinski definition) is 2. The summed E-state index contributed by atoms with van der Waals surface area (Å²) in [6.07, 6.45) is 0.127. The Bertz CT molecular complexity index is 693. The fraction of sp³-hybridized carbons (Fsp3) is 0.316. The molecule has 0 radical (unpaired) electrons. The van der Waals surface area contributed by atoms with Crippen LogP contribution >= 0.6 is 0 Å². The van der Waals surface area contributed by atoms with Crippen LogP contribution in [0.15, 0.2) is 47.5 Å². The first-order chi connectivity index (χ1) is 10.9. The molecule has 0 saturated heterocycles. The third-order valence-electron chi connectivity index (χ3n) is 3.30. The van der Waals surface area contributed by atoms with E-state index >= 15 is 0 Å². The molecule has 23 heavy (non-hydrogen) atoms. The van der Waals surface area contributed by atoms with E-state index in [1.807, 2.05) is 64.1 Å². The van der Waals surface area contributed by atoms with Gasteiger partial charge < -0.3 is 15.8 Å². The number of hydrogen-bond acceptors (Lipinski definition) is 2. The molecule has 0 fully saturated rings. The molecule has 2 aromatic carbocycles. The Balaban J connectivity index is 2.09. The maximum atomic E-state index is 5.98. The van der Waals surface area contributed by atoms with Crippen LogP contribution in [-0.4, -0.2) is 12.1 Å². The van der Waals surface area contributed by atoms with E-state index in [0.717, 1.165) is 17.0 Å². The first-order valence-corrected chi connectivity index (χ1v) is 7.84. The van der Waals surface area contributed by atoms with E-state index in [0.29, 0.717) is 12.5 Å². The summed E-state index contributed by atoms with van der Waals surface area (Å²) < 4.78 is 5.86. The van der Waals surface area contributed by atoms with Crippen LogP contribution in [0.2, 0.25) is 0 Å². The molecule has 3 N–H and O–H groups in total. The van der Waals surface area contributed by atoms with Gasteiger partial charge in [0.05, 0.1) is 12.6 Å². The first kappa shape index (κ1) is 16.9. The maximum Gasteiger partial charge on any atom is 0.193 e. The lowest BCUT2D eigenvalue weighted by atomic mass is 10.1. The number of aryl methyl sites for hydroxylation is 2. The van der Waals surface area contributed by atoms with Crippen molar-refractivity contribution in [1.29, 1.82) is 0 Å². The second-order valence-corrected chi connectivity index (χ2v) is 5.97. The predicted molar refractivity (Wildman–Crippen MR) is 97.1 cm³/mol. The van der Waals surface area contributed by atoms with Gasteiger partial charge in [0.25, 0.3) is 0 Å². The van der Waals surface area contributed by atoms with Crippen molar-refractivity contribution >= 4 is 11.6 Å². The monoisotopic (exact) mass is 311 g/mol. The quantitative estimate of drug-likeness (QED) is 0.647. The van der Waals surface area contributed by atoms with Crippen LogP contribution < -0.4 is 15.8 Å². The maximum absolute atomic E-state index is 5.98. The molecule has 4 heteroatoms. The van der Waals surface area contributed by atoms with Gasteiger partial charge in [0.2, 0.25) is 0 Å². The molecule has 0 bridgehead atoms. The summed E-state index contributed by atoms with van der Waals surface area (Å²) in [5.41, 5.74) is 10.3. The molecule has 122 valence electrons. The van der Waals surface area contributed by atoms with Gasteiger partial charge in [0, 0.05) is 11.3 Å². The van der Waals surface area contributed by atoms with Gasteiger partial charge in [-0.05, 0) is 57.0 Å². The summed E-state index contributed by atoms with van der Waals surface area (Å²) in [7, 11) is 0. The van der Waals surface area contributed by atoms with Crippen molar-refractivity contribution in [2.45, 2.75) is 40.3 Å². The van der Waals surface area contributed by atoms with Gasteiger partial charge in [-0.25, -0.2) is 4.99 Å². The number of ether oxygens (including phenoxy) is 1. The van der Waals surface area contributed by atoms with Gasteiger partial charge in [0.15, 0.2) is 5.96 Å². The van der Waals surface area contributed by atoms with Crippen molar-refractivity contribution in [2.75, 3.05) is 5.32 Å². The van der Waals surface area contributed by atoms with Crippen LogP contribution in [0.5, 0.6) is 5.75 Å². The van der Waals surface area contributed by atoms with E-state index in [1.54, 1.807) is 0 Å². The van der Waals surface area contributed by atoms with Crippen LogP contribution in [0.3, 0.4) is 0 Å². The second-order valence-electron chi connectivity index (χ2n) is 5.97. The molecule has 0 spiro atoms. The zero-order valence-electron chi connectivity index (χ0n) is 14.3. The SMILES string of the molecule is Cc1cccc(NC(N)=NCc2ccc(C)cc2OC(C)C)c1. The van der Waals surface area contributed by atoms with Crippen molar-refractivity contribution in [2.24, 2.45) is 10.7 Å². The fourth-order valence-electron chi connectivity index (χ4n) is 2.24. The smallest absolute Gasteiger partial charge is 0.193 e. The lowest BCUT2D eigenvalue weighted by molar-refractivity contribution is 0.240. The number of benzene rings is 2. The third kappa shape index (κ3) is 5.33. The zero-order chi connectivity index (χ0) is 16.8. The Kier molecular flexibility index (Phi) is 5.63. The molecule has 0 aliphatic carbocycles. The summed E-state index contributed by atoms with van der Waals surface area (Å²) in [6, 6.07) is 14.2. The topological polar surface area (TPSA) is 59.6 Å². The molecular weight excluding hydrogens is 286 g/mol. The normalized spacial score (nSPS) is 11.6. The van der Waals surface area contributed by atoms with Crippen LogP contribution in [0.25, 0.3) is 0 Å². The van der Waals surface area contributed by atoms with Crippen LogP contribution in [0.4, 0.5) is 5.69 Å². The number of nitrogens with zero attached hydrogens (tertiary/aromatic N) is 1. The molecule has 0 unspecified atom stereocenters. The van der Waals surface area contributed by atoms with E-state index in [2.05, 4.69) is 16.4 Å². The molecule has 0 heterocycles. The molecule has 0 aliphatic heterocycles. The molecule has 0 amide bonds. The van der Waals surface area contributed by atoms with Gasteiger partial charge in [-0.15, -0.1) is 0 Å². The molecular formula is C19H25N3O. The Labute approximate surface area is 138 Å². The van der Waals surface area contributed by atoms with E-state index in [9.17, 15) is 0 Å². The Morgan fingerprint density at radius 3 is 2.57 bits per heavy atom. The van der Waals surface area contributed by atoms with Crippen LogP contribution in [0.1, 0.15) is 30.5 Å². The highest BCUT2D eigenvalue weighted by molar-refractivity contribution is 5.92. The van der Waals surface area contributed by atoms with Crippen molar-refractivity contribution in [3.05, 3.63) is 59.2 Å². The van der Waals surface area contributed by atoms with Crippen molar-refractivity contribution in [1.82, 2.24) is 0 Å². The molecule has 2 rings (SSSR count). The van der Waals surface area contributed by atoms with Crippen LogP contribution in [0, 0.1) is 13.8 Å². The minimum absolute atomic E-state index is 0.127. The minimum Gasteiger partial charge on any atom is -0.491 e. The zero-order valence-corrected chi connectivity index (χ0v) is 14.3. The lowest BCUT2D eigenvalue weighted by Gasteiger charge is -2.14. The summed E-state index contributed by atoms with van der Waals surface area (Å²) in [5, 5.41) is 3.11. The fourth-order valence-corrected chi connectivity index (χ4v) is 2.24. The van der Waals surface area contributed by atoms with Gasteiger partial charge >= 0.3 is 0 Å². The number of guanidine groups is 1. The van der Waals surface area contributed by atoms with Gasteiger partial charge in [0.1, 0.15) is 5.75 Å². The summed E-state index contributed by atoms with van der Waals surface area (Å²) in [6.45, 7) is 8.60. The van der Waals surface area contributed by atoms with E-state index in [1.165, 1.54) is 11.1 Å². The molecule has 0 aliphatic rings. The minimum atomic E-state index is 0.127. The standard InChI is InChI=1S/C19H25N3O/c1-13(2)23-18-11-15(4)8-9-16(18)12-21-19(20)22-17-7-5-6-14(3)10-17/h5-11,13H,12H2,1-4H3,(H3,20,21,22). The highest BCUT2D eigenvalue weighted by Crippen LogP contribution is 2.22. The molecule has 0 saturated carbocycles. The molecule has 0 atom stereocenters. The van der Waals surface area contributed by atoms with Crippen molar-refractivity contribution in [3.8, 4) is 5.75 Å². The number of aliphatic imine (C=N–C) groups is 1. The highest BCUT2D eigenvalue weighted by Gasteiger charge is 2.06. The molecule has 2 aromatic rings. The number of nitrogens with two attached hydrogens (primary N) is 1. The average molecular weight is 311 g/mol. The van der Waals surface area contributed by atoms with Gasteiger partial charge in [-0.3, -0.25) is 0 Å². The van der Waals surface area contributed by atoms with E-state index < -0.39 is 0 Å². The number of rotatable bonds is 5. The van der Waals surface area contributed by atoms with E-state index in [-0.39, 0.29) is 6.10 Å². The molecule has 0 aromatic heterocycles. The Morgan fingerprint density at radius 2 is 1.87 bits per heavy atom. The number of nitrogens with one attached hydrogen (secondary N) is 1. The Morgan fingerprint density at radius 1 is 1.13 bits per heavy atom. The van der Waals surface area contributed by atoms with Crippen LogP contribution in [-0.2, 0) is 6.54 Å². The summed E-state index contributed by atoms with van der Waals surface area (Å²) >= 11 is 0. The lowest BCUT2D eigenvalue weighted by Crippen LogP contribution is -2.22. The average Bonchev–Trinajstić information content (AvgIpc) is 2.45. The molecule has 4 nitrogen and oxygen atoms in total. The first-order valence-electron chi connectivity index (χ1n) is 7.84. The van der Waals surface area contributed by atoms with Gasteiger partial charge in [-0.1, -0.05) is 24.3 Å². The Hall–Kier alpha value is -2.49. The number of anilines is 1. The largest absolute Gasteiger partial charge is 0.491 e. The van der Waals surface area contributed by atoms with Crippen molar-refractivity contribution < 1.29 is 4.74 Å². The summed E-state index contributed by atoms with van der Waals surface area (Å²) in [5.74, 6) is 1.26.